The number of hydrogen-bond donors (Lipinski definition) is 1. The topological polar surface area (TPSA) is 77.1 Å². The van der Waals surface area contributed by atoms with E-state index in [9.17, 15) is 9.59 Å². The van der Waals surface area contributed by atoms with E-state index < -0.39 is 0 Å². The maximum Gasteiger partial charge on any atom is 0.231 e. The van der Waals surface area contributed by atoms with Gasteiger partial charge in [-0.2, -0.15) is 0 Å². The summed E-state index contributed by atoms with van der Waals surface area (Å²) in [6, 6.07) is 7.35. The van der Waals surface area contributed by atoms with Gasteiger partial charge < -0.3 is 24.4 Å². The molecular weight excluding hydrogens is 408 g/mol. The van der Waals surface area contributed by atoms with Crippen molar-refractivity contribution in [2.75, 3.05) is 32.8 Å². The van der Waals surface area contributed by atoms with Crippen LogP contribution >= 0.6 is 0 Å². The number of amides is 1. The number of allylic oxidation sites excluding steroid dienone is 1. The van der Waals surface area contributed by atoms with Gasteiger partial charge in [0.05, 0.1) is 12.8 Å². The van der Waals surface area contributed by atoms with Crippen LogP contribution in [0.5, 0.6) is 17.2 Å². The maximum absolute atomic E-state index is 13.6. The molecule has 0 aliphatic carbocycles. The van der Waals surface area contributed by atoms with Gasteiger partial charge in [0.2, 0.25) is 24.2 Å². The number of rotatable bonds is 5. The van der Waals surface area contributed by atoms with Crippen LogP contribution in [0.2, 0.25) is 0 Å². The number of carbonyl (C=O) groups is 2. The first-order chi connectivity index (χ1) is 15.3. The molecule has 2 aliphatic rings. The fraction of sp³-hybridized carbons (Fsp3) is 0.360. The van der Waals surface area contributed by atoms with E-state index in [1.165, 1.54) is 0 Å². The molecule has 2 aliphatic heterocycles. The number of ether oxygens (including phenoxy) is 3. The fourth-order valence-electron chi connectivity index (χ4n) is 3.86. The predicted octanol–water partition coefficient (Wildman–Crippen LogP) is 4.04. The van der Waals surface area contributed by atoms with Crippen LogP contribution < -0.4 is 19.5 Å². The molecule has 0 spiro atoms. The zero-order valence-corrected chi connectivity index (χ0v) is 19.1. The molecule has 0 aromatic heterocycles. The molecule has 7 heteroatoms. The van der Waals surface area contributed by atoms with Crippen molar-refractivity contribution in [1.82, 2.24) is 4.90 Å². The Hall–Kier alpha value is -3.48. The van der Waals surface area contributed by atoms with Crippen molar-refractivity contribution in [3.63, 3.8) is 0 Å². The fourth-order valence-corrected chi connectivity index (χ4v) is 3.86. The van der Waals surface area contributed by atoms with Crippen molar-refractivity contribution in [3.05, 3.63) is 52.2 Å². The van der Waals surface area contributed by atoms with Crippen LogP contribution in [-0.2, 0) is 11.2 Å². The second kappa shape index (κ2) is 8.57. The number of hydrogen-bond acceptors (Lipinski definition) is 6. The summed E-state index contributed by atoms with van der Waals surface area (Å²) in [7, 11) is 3.49. The number of benzene rings is 2. The molecule has 4 rings (SSSR count). The number of methoxy groups -OCH3 is 1. The minimum Gasteiger partial charge on any atom is -0.492 e. The van der Waals surface area contributed by atoms with E-state index in [2.05, 4.69) is 5.32 Å². The van der Waals surface area contributed by atoms with Gasteiger partial charge in [-0.15, -0.1) is 0 Å². The first-order valence-electron chi connectivity index (χ1n) is 10.7. The Labute approximate surface area is 188 Å². The molecule has 2 aromatic carbocycles. The lowest BCUT2D eigenvalue weighted by Crippen LogP contribution is -2.25. The summed E-state index contributed by atoms with van der Waals surface area (Å²) in [5.74, 6) is 1.44. The van der Waals surface area contributed by atoms with Gasteiger partial charge in [0.15, 0.2) is 11.5 Å². The molecule has 2 aromatic rings. The molecule has 0 bridgehead atoms. The van der Waals surface area contributed by atoms with Gasteiger partial charge in [0.25, 0.3) is 0 Å². The molecule has 0 saturated heterocycles. The molecule has 2 heterocycles. The van der Waals surface area contributed by atoms with Gasteiger partial charge in [-0.3, -0.25) is 9.59 Å². The van der Waals surface area contributed by atoms with E-state index in [4.69, 9.17) is 14.2 Å². The highest BCUT2D eigenvalue weighted by atomic mass is 16.7. The van der Waals surface area contributed by atoms with Crippen molar-refractivity contribution in [1.29, 1.82) is 0 Å². The van der Waals surface area contributed by atoms with E-state index in [-0.39, 0.29) is 24.4 Å². The standard InChI is InChI=1S/C25H28N2O5/c1-14(2)25(29)26-19-10-17(7-6-15(19)3)22(28)20-12-18-16(8-9-27(20)4)11-21-24(23(18)30-5)32-13-31-21/h6-7,10-12,14H,8-9,13H2,1-5H3,(H,26,29). The van der Waals surface area contributed by atoms with Crippen LogP contribution in [-0.4, -0.2) is 44.1 Å². The monoisotopic (exact) mass is 436 g/mol. The van der Waals surface area contributed by atoms with Crippen molar-refractivity contribution < 1.29 is 23.8 Å². The second-order valence-corrected chi connectivity index (χ2v) is 8.42. The number of aryl methyl sites for hydroxylation is 1. The molecule has 32 heavy (non-hydrogen) atoms. The van der Waals surface area contributed by atoms with Gasteiger partial charge in [-0.05, 0) is 42.7 Å². The summed E-state index contributed by atoms with van der Waals surface area (Å²) in [6.07, 6.45) is 2.59. The largest absolute Gasteiger partial charge is 0.492 e. The van der Waals surface area contributed by atoms with E-state index >= 15 is 0 Å². The first kappa shape index (κ1) is 21.7. The molecule has 0 unspecified atom stereocenters. The van der Waals surface area contributed by atoms with Crippen molar-refractivity contribution in [2.45, 2.75) is 27.2 Å². The normalized spacial score (nSPS) is 14.6. The first-order valence-corrected chi connectivity index (χ1v) is 10.7. The minimum absolute atomic E-state index is 0.0850. The number of likely N-dealkylation sites (N-methyl/N-ethyl adjacent to an activating group) is 1. The third-order valence-corrected chi connectivity index (χ3v) is 5.87. The summed E-state index contributed by atoms with van der Waals surface area (Å²) < 4.78 is 16.8. The quantitative estimate of drug-likeness (QED) is 0.713. The van der Waals surface area contributed by atoms with E-state index in [1.54, 1.807) is 19.2 Å². The number of Topliss-reactive ketones (excluding diaryl/α,β-unsaturated/α-hetero) is 1. The number of anilines is 1. The maximum atomic E-state index is 13.6. The number of nitrogens with one attached hydrogen (secondary N) is 1. The predicted molar refractivity (Wildman–Crippen MR) is 122 cm³/mol. The van der Waals surface area contributed by atoms with Crippen LogP contribution in [0.1, 0.15) is 40.9 Å². The van der Waals surface area contributed by atoms with Crippen LogP contribution in [0, 0.1) is 12.8 Å². The number of ketones is 1. The van der Waals surface area contributed by atoms with Gasteiger partial charge in [0, 0.05) is 36.3 Å². The average molecular weight is 437 g/mol. The Morgan fingerprint density at radius 2 is 1.97 bits per heavy atom. The van der Waals surface area contributed by atoms with Gasteiger partial charge in [-0.25, -0.2) is 0 Å². The highest BCUT2D eigenvalue weighted by molar-refractivity contribution is 6.12. The Bertz CT molecular complexity index is 1120. The van der Waals surface area contributed by atoms with E-state index in [0.29, 0.717) is 40.7 Å². The molecule has 1 amide bonds. The van der Waals surface area contributed by atoms with Gasteiger partial charge in [-0.1, -0.05) is 26.0 Å². The van der Waals surface area contributed by atoms with Crippen molar-refractivity contribution in [2.24, 2.45) is 5.92 Å². The Morgan fingerprint density at radius 3 is 2.69 bits per heavy atom. The molecule has 0 radical (unpaired) electrons. The second-order valence-electron chi connectivity index (χ2n) is 8.42. The van der Waals surface area contributed by atoms with Crippen molar-refractivity contribution >= 4 is 23.5 Å². The SMILES string of the molecule is COc1c2c(cc3c1OCO3)CCN(C)C(C(=O)c1ccc(C)c(NC(=O)C(C)C)c1)=C2. The molecule has 0 atom stereocenters. The Balaban J connectivity index is 1.75. The van der Waals surface area contributed by atoms with Gasteiger partial charge >= 0.3 is 0 Å². The lowest BCUT2D eigenvalue weighted by atomic mass is 10.00. The Morgan fingerprint density at radius 1 is 1.19 bits per heavy atom. The summed E-state index contributed by atoms with van der Waals surface area (Å²) in [6.45, 7) is 6.39. The number of fused-ring (bicyclic) bond motifs is 2. The van der Waals surface area contributed by atoms with Crippen LogP contribution in [0.4, 0.5) is 5.69 Å². The highest BCUT2D eigenvalue weighted by Crippen LogP contribution is 2.46. The molecule has 0 fully saturated rings. The molecular formula is C25H28N2O5. The van der Waals surface area contributed by atoms with E-state index in [0.717, 1.165) is 23.1 Å². The third-order valence-electron chi connectivity index (χ3n) is 5.87. The highest BCUT2D eigenvalue weighted by Gasteiger charge is 2.28. The summed E-state index contributed by atoms with van der Waals surface area (Å²) in [4.78, 5) is 27.7. The minimum atomic E-state index is -0.152. The summed E-state index contributed by atoms with van der Waals surface area (Å²) in [5.41, 5.74) is 4.47. The molecule has 1 N–H and O–H groups in total. The lowest BCUT2D eigenvalue weighted by Gasteiger charge is -2.20. The summed E-state index contributed by atoms with van der Waals surface area (Å²) >= 11 is 0. The molecule has 0 saturated carbocycles. The van der Waals surface area contributed by atoms with E-state index in [1.807, 2.05) is 50.9 Å². The van der Waals surface area contributed by atoms with Crippen LogP contribution in [0.3, 0.4) is 0 Å². The third kappa shape index (κ3) is 3.90. The lowest BCUT2D eigenvalue weighted by molar-refractivity contribution is -0.118. The Kier molecular flexibility index (Phi) is 5.82. The smallest absolute Gasteiger partial charge is 0.231 e. The summed E-state index contributed by atoms with van der Waals surface area (Å²) in [5, 5.41) is 2.92. The number of nitrogens with zero attached hydrogens (tertiary/aromatic N) is 1. The zero-order chi connectivity index (χ0) is 23.0. The number of carbonyl (C=O) groups excluding carboxylic acids is 2. The molecule has 7 nitrogen and oxygen atoms in total. The van der Waals surface area contributed by atoms with Gasteiger partial charge in [0.1, 0.15) is 0 Å². The molecule has 168 valence electrons. The van der Waals surface area contributed by atoms with Crippen molar-refractivity contribution in [3.8, 4) is 17.2 Å². The average Bonchev–Trinajstić information content (AvgIpc) is 3.17. The van der Waals surface area contributed by atoms with Crippen LogP contribution in [0.15, 0.2) is 30.0 Å². The zero-order valence-electron chi connectivity index (χ0n) is 19.1. The van der Waals surface area contributed by atoms with Crippen LogP contribution in [0.25, 0.3) is 6.08 Å².